The zero-order chi connectivity index (χ0) is 21.2. The van der Waals surface area contributed by atoms with Gasteiger partial charge in [-0.05, 0) is 38.2 Å². The van der Waals surface area contributed by atoms with Gasteiger partial charge in [-0.3, -0.25) is 9.89 Å². The average molecular weight is 424 g/mol. The zero-order valence-corrected chi connectivity index (χ0v) is 16.6. The van der Waals surface area contributed by atoms with Crippen LogP contribution in [-0.2, 0) is 19.1 Å². The Kier molecular flexibility index (Phi) is 5.87. The van der Waals surface area contributed by atoms with Crippen molar-refractivity contribution in [3.63, 3.8) is 0 Å². The highest BCUT2D eigenvalue weighted by Crippen LogP contribution is 2.33. The second kappa shape index (κ2) is 8.19. The minimum absolute atomic E-state index is 0.103. The fourth-order valence-corrected chi connectivity index (χ4v) is 3.20. The third kappa shape index (κ3) is 4.39. The van der Waals surface area contributed by atoms with Crippen LogP contribution in [0.25, 0.3) is 5.69 Å². The van der Waals surface area contributed by atoms with Crippen LogP contribution in [0.2, 0.25) is 0 Å². The lowest BCUT2D eigenvalue weighted by molar-refractivity contribution is -0.143. The number of rotatable bonds is 6. The summed E-state index contributed by atoms with van der Waals surface area (Å²) in [4.78, 5) is 12.4. The number of aromatic amines is 1. The topological polar surface area (TPSA) is 80.5 Å². The molecule has 1 aromatic carbocycles. The smallest absolute Gasteiger partial charge is 0.351 e. The SMILES string of the molecule is CCn1c(CCNC(=O)c2cnn(-c3ccc(C)cc3)c2C(F)(F)F)n[nH]c1=S. The molecular weight excluding hydrogens is 405 g/mol. The van der Waals surface area contributed by atoms with Crippen LogP contribution in [0.1, 0.15) is 34.4 Å². The van der Waals surface area contributed by atoms with Crippen molar-refractivity contribution >= 4 is 18.1 Å². The van der Waals surface area contributed by atoms with Crippen LogP contribution in [0.15, 0.2) is 30.5 Å². The first kappa shape index (κ1) is 20.8. The Morgan fingerprint density at radius 3 is 2.59 bits per heavy atom. The normalized spacial score (nSPS) is 11.6. The Labute approximate surface area is 169 Å². The Morgan fingerprint density at radius 1 is 1.28 bits per heavy atom. The van der Waals surface area contributed by atoms with Gasteiger partial charge < -0.3 is 9.88 Å². The van der Waals surface area contributed by atoms with Crippen LogP contribution >= 0.6 is 12.2 Å². The number of aryl methyl sites for hydroxylation is 1. The van der Waals surface area contributed by atoms with Crippen LogP contribution in [0.4, 0.5) is 13.2 Å². The molecule has 3 rings (SSSR count). The van der Waals surface area contributed by atoms with Gasteiger partial charge in [-0.15, -0.1) is 0 Å². The molecule has 0 aliphatic carbocycles. The van der Waals surface area contributed by atoms with E-state index in [0.29, 0.717) is 23.6 Å². The molecule has 1 amide bonds. The number of carbonyl (C=O) groups excluding carboxylic acids is 1. The number of benzene rings is 1. The molecule has 0 spiro atoms. The minimum Gasteiger partial charge on any atom is -0.351 e. The average Bonchev–Trinajstić information content (AvgIpc) is 3.26. The first-order valence-electron chi connectivity index (χ1n) is 8.87. The molecule has 11 heteroatoms. The molecule has 0 unspecified atom stereocenters. The van der Waals surface area contributed by atoms with Gasteiger partial charge in [0.1, 0.15) is 5.82 Å². The first-order chi connectivity index (χ1) is 13.7. The van der Waals surface area contributed by atoms with Crippen LogP contribution in [0, 0.1) is 11.7 Å². The fraction of sp³-hybridized carbons (Fsp3) is 0.333. The number of carbonyl (C=O) groups is 1. The van der Waals surface area contributed by atoms with Crippen molar-refractivity contribution in [1.29, 1.82) is 0 Å². The molecule has 0 aliphatic rings. The second-order valence-corrected chi connectivity index (χ2v) is 6.73. The highest BCUT2D eigenvalue weighted by Gasteiger charge is 2.40. The summed E-state index contributed by atoms with van der Waals surface area (Å²) in [5.74, 6) is -0.239. The van der Waals surface area contributed by atoms with Gasteiger partial charge in [0.15, 0.2) is 10.5 Å². The van der Waals surface area contributed by atoms with E-state index in [9.17, 15) is 18.0 Å². The van der Waals surface area contributed by atoms with Crippen molar-refractivity contribution in [2.75, 3.05) is 6.54 Å². The number of halogens is 3. The predicted octanol–water partition coefficient (Wildman–Crippen LogP) is 3.45. The molecule has 29 heavy (non-hydrogen) atoms. The van der Waals surface area contributed by atoms with Gasteiger partial charge in [-0.25, -0.2) is 4.68 Å². The van der Waals surface area contributed by atoms with Crippen molar-refractivity contribution < 1.29 is 18.0 Å². The number of aromatic nitrogens is 5. The molecule has 2 N–H and O–H groups in total. The summed E-state index contributed by atoms with van der Waals surface area (Å²) < 4.78 is 44.0. The number of nitrogens with one attached hydrogen (secondary N) is 2. The van der Waals surface area contributed by atoms with E-state index in [1.165, 1.54) is 12.1 Å². The lowest BCUT2D eigenvalue weighted by Gasteiger charge is -2.13. The molecule has 154 valence electrons. The summed E-state index contributed by atoms with van der Waals surface area (Å²) in [5.41, 5.74) is -0.527. The van der Waals surface area contributed by atoms with Gasteiger partial charge in [0.05, 0.1) is 17.4 Å². The van der Waals surface area contributed by atoms with Gasteiger partial charge >= 0.3 is 6.18 Å². The van der Waals surface area contributed by atoms with Crippen molar-refractivity contribution in [2.24, 2.45) is 0 Å². The fourth-order valence-electron chi connectivity index (χ4n) is 2.92. The summed E-state index contributed by atoms with van der Waals surface area (Å²) in [6, 6.07) is 6.40. The van der Waals surface area contributed by atoms with E-state index >= 15 is 0 Å². The molecule has 0 saturated heterocycles. The maximum absolute atomic E-state index is 13.7. The van der Waals surface area contributed by atoms with Gasteiger partial charge in [-0.2, -0.15) is 23.4 Å². The van der Waals surface area contributed by atoms with Crippen molar-refractivity contribution in [1.82, 2.24) is 29.9 Å². The molecule has 2 aromatic heterocycles. The maximum atomic E-state index is 13.7. The summed E-state index contributed by atoms with van der Waals surface area (Å²) in [7, 11) is 0. The number of amides is 1. The molecular formula is C18H19F3N6OS. The number of hydrogen-bond acceptors (Lipinski definition) is 4. The Hall–Kier alpha value is -2.95. The van der Waals surface area contributed by atoms with Crippen molar-refractivity contribution in [3.8, 4) is 5.69 Å². The highest BCUT2D eigenvalue weighted by atomic mass is 32.1. The molecule has 0 fully saturated rings. The number of H-pyrrole nitrogens is 1. The van der Waals surface area contributed by atoms with Crippen LogP contribution in [-0.4, -0.2) is 37.0 Å². The Bertz CT molecular complexity index is 1060. The molecule has 0 bridgehead atoms. The second-order valence-electron chi connectivity index (χ2n) is 6.35. The third-order valence-corrected chi connectivity index (χ3v) is 4.66. The Morgan fingerprint density at radius 2 is 1.97 bits per heavy atom. The van der Waals surface area contributed by atoms with E-state index in [1.54, 1.807) is 16.7 Å². The lowest BCUT2D eigenvalue weighted by Crippen LogP contribution is -2.29. The van der Waals surface area contributed by atoms with Crippen molar-refractivity contribution in [2.45, 2.75) is 33.0 Å². The Balaban J connectivity index is 1.81. The number of alkyl halides is 3. The quantitative estimate of drug-likeness (QED) is 0.594. The lowest BCUT2D eigenvalue weighted by atomic mass is 10.2. The van der Waals surface area contributed by atoms with Crippen LogP contribution in [0.3, 0.4) is 0 Å². The molecule has 0 saturated carbocycles. The van der Waals surface area contributed by atoms with E-state index in [2.05, 4.69) is 20.6 Å². The molecule has 7 nitrogen and oxygen atoms in total. The molecule has 3 aromatic rings. The van der Waals surface area contributed by atoms with Gasteiger partial charge in [0, 0.05) is 19.5 Å². The highest BCUT2D eigenvalue weighted by molar-refractivity contribution is 7.71. The van der Waals surface area contributed by atoms with E-state index in [0.717, 1.165) is 16.4 Å². The van der Waals surface area contributed by atoms with E-state index < -0.39 is 23.3 Å². The monoisotopic (exact) mass is 424 g/mol. The molecule has 2 heterocycles. The van der Waals surface area contributed by atoms with E-state index in [-0.39, 0.29) is 12.2 Å². The number of nitrogens with zero attached hydrogens (tertiary/aromatic N) is 4. The standard InChI is InChI=1S/C18H19F3N6OS/c1-3-26-14(24-25-17(26)29)8-9-22-16(28)13-10-23-27(15(13)18(19,20)21)12-6-4-11(2)5-7-12/h4-7,10H,3,8-9H2,1-2H3,(H,22,28)(H,25,29). The molecule has 0 aliphatic heterocycles. The number of hydrogen-bond donors (Lipinski definition) is 2. The van der Waals surface area contributed by atoms with Crippen LogP contribution < -0.4 is 5.32 Å². The summed E-state index contributed by atoms with van der Waals surface area (Å²) in [6.07, 6.45) is -3.50. The minimum atomic E-state index is -4.75. The molecule has 0 radical (unpaired) electrons. The largest absolute Gasteiger partial charge is 0.434 e. The van der Waals surface area contributed by atoms with Crippen LogP contribution in [0.5, 0.6) is 0 Å². The first-order valence-corrected chi connectivity index (χ1v) is 9.27. The van der Waals surface area contributed by atoms with Gasteiger partial charge in [0.2, 0.25) is 0 Å². The summed E-state index contributed by atoms with van der Waals surface area (Å²) in [5, 5.41) is 13.0. The van der Waals surface area contributed by atoms with E-state index in [1.807, 2.05) is 13.8 Å². The summed E-state index contributed by atoms with van der Waals surface area (Å²) >= 11 is 5.09. The third-order valence-electron chi connectivity index (χ3n) is 4.35. The predicted molar refractivity (Wildman–Crippen MR) is 102 cm³/mol. The maximum Gasteiger partial charge on any atom is 0.434 e. The zero-order valence-electron chi connectivity index (χ0n) is 15.7. The summed E-state index contributed by atoms with van der Waals surface area (Å²) in [6.45, 7) is 4.42. The molecule has 0 atom stereocenters. The van der Waals surface area contributed by atoms with Gasteiger partial charge in [-0.1, -0.05) is 17.7 Å². The van der Waals surface area contributed by atoms with E-state index in [4.69, 9.17) is 12.2 Å². The van der Waals surface area contributed by atoms with Gasteiger partial charge in [0.25, 0.3) is 5.91 Å². The van der Waals surface area contributed by atoms with Crippen molar-refractivity contribution in [3.05, 3.63) is 57.9 Å².